The summed E-state index contributed by atoms with van der Waals surface area (Å²) in [5.74, 6) is -1.68. The number of rotatable bonds is 11. The number of ether oxygens (including phenoxy) is 1. The fourth-order valence-electron chi connectivity index (χ4n) is 3.91. The Bertz CT molecular complexity index is 962. The van der Waals surface area contributed by atoms with Crippen molar-refractivity contribution in [2.24, 2.45) is 5.73 Å². The van der Waals surface area contributed by atoms with Crippen LogP contribution in [0.5, 0.6) is 0 Å². The second-order valence-corrected chi connectivity index (χ2v) is 11.5. The van der Waals surface area contributed by atoms with E-state index in [4.69, 9.17) is 10.5 Å². The van der Waals surface area contributed by atoms with Crippen molar-refractivity contribution >= 4 is 23.8 Å². The van der Waals surface area contributed by atoms with Crippen molar-refractivity contribution in [1.29, 1.82) is 0 Å². The lowest BCUT2D eigenvalue weighted by Gasteiger charge is -2.36. The van der Waals surface area contributed by atoms with Gasteiger partial charge in [0.2, 0.25) is 17.7 Å². The predicted molar refractivity (Wildman–Crippen MR) is 145 cm³/mol. The summed E-state index contributed by atoms with van der Waals surface area (Å²) < 4.78 is 5.32. The Labute approximate surface area is 221 Å². The molecule has 0 saturated heterocycles. The van der Waals surface area contributed by atoms with Crippen molar-refractivity contribution in [2.45, 2.75) is 111 Å². The maximum Gasteiger partial charge on any atom is 0.408 e. The van der Waals surface area contributed by atoms with E-state index in [2.05, 4.69) is 10.6 Å². The van der Waals surface area contributed by atoms with Crippen molar-refractivity contribution < 1.29 is 23.9 Å². The summed E-state index contributed by atoms with van der Waals surface area (Å²) in [7, 11) is 0. The SMILES string of the molecule is CCCCCN(C(=O)C(CC(N)=O)NC(=O)OC(C)(C)C)C(C(=O)NC(C)(C)C)c1cccc(C)c1C. The quantitative estimate of drug-likeness (QED) is 0.381. The number of carbonyl (C=O) groups is 4. The average Bonchev–Trinajstić information content (AvgIpc) is 2.72. The van der Waals surface area contributed by atoms with E-state index in [1.54, 1.807) is 20.8 Å². The first-order valence-electron chi connectivity index (χ1n) is 12.9. The summed E-state index contributed by atoms with van der Waals surface area (Å²) in [6.45, 7) is 16.9. The van der Waals surface area contributed by atoms with Gasteiger partial charge in [-0.25, -0.2) is 4.79 Å². The molecule has 0 radical (unpaired) electrons. The standard InChI is InChI=1S/C28H46N4O5/c1-10-11-12-16-32(25(35)21(17-22(29)33)30-26(36)37-28(7,8)9)23(24(34)31-27(4,5)6)20-15-13-14-18(2)19(20)3/h13-15,21,23H,10-12,16-17H2,1-9H3,(H2,29,33)(H,30,36)(H,31,34). The molecule has 0 aromatic heterocycles. The number of nitrogens with zero attached hydrogens (tertiary/aromatic N) is 1. The number of aryl methyl sites for hydroxylation is 1. The van der Waals surface area contributed by atoms with Gasteiger partial charge in [0, 0.05) is 12.1 Å². The van der Waals surface area contributed by atoms with Gasteiger partial charge in [-0.15, -0.1) is 0 Å². The third kappa shape index (κ3) is 10.8. The van der Waals surface area contributed by atoms with Gasteiger partial charge in [-0.1, -0.05) is 38.0 Å². The maximum absolute atomic E-state index is 14.0. The maximum atomic E-state index is 14.0. The summed E-state index contributed by atoms with van der Waals surface area (Å²) >= 11 is 0. The Morgan fingerprint density at radius 1 is 1.03 bits per heavy atom. The number of hydrogen-bond acceptors (Lipinski definition) is 5. The van der Waals surface area contributed by atoms with Crippen LogP contribution >= 0.6 is 0 Å². The van der Waals surface area contributed by atoms with Crippen molar-refractivity contribution in [3.05, 3.63) is 34.9 Å². The zero-order chi connectivity index (χ0) is 28.6. The molecule has 208 valence electrons. The second-order valence-electron chi connectivity index (χ2n) is 11.5. The Kier molecular flexibility index (Phi) is 11.6. The summed E-state index contributed by atoms with van der Waals surface area (Å²) in [6, 6.07) is 3.37. The first kappa shape index (κ1) is 31.9. The fraction of sp³-hybridized carbons (Fsp3) is 0.643. The van der Waals surface area contributed by atoms with Crippen LogP contribution in [0.1, 0.15) is 96.9 Å². The Morgan fingerprint density at radius 2 is 1.65 bits per heavy atom. The Morgan fingerprint density at radius 3 is 2.16 bits per heavy atom. The number of nitrogens with two attached hydrogens (primary N) is 1. The van der Waals surface area contributed by atoms with Gasteiger partial charge < -0.3 is 26.0 Å². The number of primary amides is 1. The van der Waals surface area contributed by atoms with Crippen LogP contribution in [0.2, 0.25) is 0 Å². The third-order valence-electron chi connectivity index (χ3n) is 5.68. The summed E-state index contributed by atoms with van der Waals surface area (Å²) in [4.78, 5) is 53.7. The van der Waals surface area contributed by atoms with Crippen molar-refractivity contribution in [1.82, 2.24) is 15.5 Å². The molecule has 1 rings (SSSR count). The molecule has 1 aromatic rings. The largest absolute Gasteiger partial charge is 0.444 e. The van der Waals surface area contributed by atoms with E-state index in [9.17, 15) is 19.2 Å². The fourth-order valence-corrected chi connectivity index (χ4v) is 3.91. The molecule has 1 aromatic carbocycles. The van der Waals surface area contributed by atoms with Gasteiger partial charge in [0.15, 0.2) is 0 Å². The molecule has 9 nitrogen and oxygen atoms in total. The predicted octanol–water partition coefficient (Wildman–Crippen LogP) is 4.05. The van der Waals surface area contributed by atoms with E-state index in [0.717, 1.165) is 24.0 Å². The van der Waals surface area contributed by atoms with Gasteiger partial charge in [-0.05, 0) is 78.5 Å². The van der Waals surface area contributed by atoms with Gasteiger partial charge in [-0.3, -0.25) is 14.4 Å². The van der Waals surface area contributed by atoms with E-state index in [0.29, 0.717) is 12.0 Å². The van der Waals surface area contributed by atoms with Crippen molar-refractivity contribution in [2.75, 3.05) is 6.54 Å². The third-order valence-corrected chi connectivity index (χ3v) is 5.68. The van der Waals surface area contributed by atoms with Crippen LogP contribution in [-0.4, -0.2) is 52.4 Å². The lowest BCUT2D eigenvalue weighted by atomic mass is 9.93. The zero-order valence-corrected chi connectivity index (χ0v) is 24.0. The second kappa shape index (κ2) is 13.4. The lowest BCUT2D eigenvalue weighted by molar-refractivity contribution is -0.144. The highest BCUT2D eigenvalue weighted by atomic mass is 16.6. The van der Waals surface area contributed by atoms with E-state index < -0.39 is 47.6 Å². The molecule has 0 heterocycles. The molecule has 4 amide bonds. The molecular weight excluding hydrogens is 472 g/mol. The number of carbonyl (C=O) groups excluding carboxylic acids is 4. The minimum absolute atomic E-state index is 0.257. The summed E-state index contributed by atoms with van der Waals surface area (Å²) in [6.07, 6.45) is 1.11. The number of amides is 4. The van der Waals surface area contributed by atoms with Crippen LogP contribution < -0.4 is 16.4 Å². The molecule has 4 N–H and O–H groups in total. The Hall–Kier alpha value is -3.10. The molecule has 0 spiro atoms. The topological polar surface area (TPSA) is 131 Å². The summed E-state index contributed by atoms with van der Waals surface area (Å²) in [5.41, 5.74) is 6.64. The van der Waals surface area contributed by atoms with Gasteiger partial charge >= 0.3 is 6.09 Å². The van der Waals surface area contributed by atoms with Gasteiger partial charge in [-0.2, -0.15) is 0 Å². The molecule has 37 heavy (non-hydrogen) atoms. The number of benzene rings is 1. The van der Waals surface area contributed by atoms with Crippen molar-refractivity contribution in [3.63, 3.8) is 0 Å². The van der Waals surface area contributed by atoms with Crippen LogP contribution in [0.25, 0.3) is 0 Å². The monoisotopic (exact) mass is 518 g/mol. The first-order valence-corrected chi connectivity index (χ1v) is 12.9. The first-order chi connectivity index (χ1) is 17.0. The molecular formula is C28H46N4O5. The van der Waals surface area contributed by atoms with Crippen LogP contribution in [0, 0.1) is 13.8 Å². The van der Waals surface area contributed by atoms with Gasteiger partial charge in [0.25, 0.3) is 0 Å². The normalized spacial score (nSPS) is 13.3. The van der Waals surface area contributed by atoms with E-state index in [1.165, 1.54) is 4.90 Å². The highest BCUT2D eigenvalue weighted by molar-refractivity contribution is 5.94. The highest BCUT2D eigenvalue weighted by Gasteiger charge is 2.38. The molecule has 2 atom stereocenters. The highest BCUT2D eigenvalue weighted by Crippen LogP contribution is 2.29. The molecule has 9 heteroatoms. The number of unbranched alkanes of at least 4 members (excludes halogenated alkanes) is 2. The average molecular weight is 519 g/mol. The number of nitrogens with one attached hydrogen (secondary N) is 2. The van der Waals surface area contributed by atoms with E-state index in [-0.39, 0.29) is 12.5 Å². The smallest absolute Gasteiger partial charge is 0.408 e. The number of alkyl carbamates (subject to hydrolysis) is 1. The van der Waals surface area contributed by atoms with Gasteiger partial charge in [0.05, 0.1) is 6.42 Å². The molecule has 0 saturated carbocycles. The van der Waals surface area contributed by atoms with E-state index in [1.807, 2.05) is 59.7 Å². The lowest BCUT2D eigenvalue weighted by Crippen LogP contribution is -2.55. The minimum Gasteiger partial charge on any atom is -0.444 e. The molecule has 0 aliphatic rings. The molecule has 0 aliphatic heterocycles. The zero-order valence-electron chi connectivity index (χ0n) is 24.0. The molecule has 0 aliphatic carbocycles. The van der Waals surface area contributed by atoms with E-state index >= 15 is 0 Å². The summed E-state index contributed by atoms with van der Waals surface area (Å²) in [5, 5.41) is 5.52. The number of hydrogen-bond donors (Lipinski definition) is 3. The van der Waals surface area contributed by atoms with Crippen LogP contribution in [0.4, 0.5) is 4.79 Å². The van der Waals surface area contributed by atoms with Crippen molar-refractivity contribution in [3.8, 4) is 0 Å². The van der Waals surface area contributed by atoms with Crippen LogP contribution in [0.15, 0.2) is 18.2 Å². The molecule has 2 unspecified atom stereocenters. The molecule has 0 bridgehead atoms. The minimum atomic E-state index is -1.29. The van der Waals surface area contributed by atoms with Crippen LogP contribution in [-0.2, 0) is 19.1 Å². The van der Waals surface area contributed by atoms with Crippen LogP contribution in [0.3, 0.4) is 0 Å². The molecule has 0 fully saturated rings. The van der Waals surface area contributed by atoms with Gasteiger partial charge in [0.1, 0.15) is 17.7 Å². The Balaban J connectivity index is 3.62.